The number of hydrogen-bond donors (Lipinski definition) is 2. The lowest BCUT2D eigenvalue weighted by molar-refractivity contribution is -0.138. The molecule has 1 fully saturated rings. The van der Waals surface area contributed by atoms with Crippen molar-refractivity contribution >= 4 is 11.9 Å². The first-order chi connectivity index (χ1) is 8.60. The number of nitrogens with zero attached hydrogens (tertiary/aromatic N) is 2. The fourth-order valence-electron chi connectivity index (χ4n) is 2.48. The minimum atomic E-state index is -0.841. The molecular weight excluding hydrogens is 237 g/mol. The molecule has 2 rings (SSSR count). The zero-order valence-corrected chi connectivity index (χ0v) is 10.0. The number of anilines is 1. The molecule has 0 bridgehead atoms. The quantitative estimate of drug-likeness (QED) is 0.860. The Morgan fingerprint density at radius 2 is 1.94 bits per heavy atom. The molecule has 0 aliphatic heterocycles. The van der Waals surface area contributed by atoms with Crippen molar-refractivity contribution in [1.82, 2.24) is 9.97 Å². The minimum Gasteiger partial charge on any atom is -0.481 e. The van der Waals surface area contributed by atoms with Gasteiger partial charge in [-0.25, -0.2) is 14.4 Å². The number of halogens is 1. The predicted octanol–water partition coefficient (Wildman–Crippen LogP) is 2.21. The highest BCUT2D eigenvalue weighted by molar-refractivity contribution is 5.69. The van der Waals surface area contributed by atoms with Crippen molar-refractivity contribution in [1.29, 1.82) is 0 Å². The molecule has 0 atom stereocenters. The van der Waals surface area contributed by atoms with E-state index in [0.29, 0.717) is 5.95 Å². The average molecular weight is 253 g/mol. The molecule has 5 nitrogen and oxygen atoms in total. The summed E-state index contributed by atoms with van der Waals surface area (Å²) < 4.78 is 12.7. The van der Waals surface area contributed by atoms with Crippen LogP contribution < -0.4 is 5.32 Å². The molecule has 18 heavy (non-hydrogen) atoms. The first-order valence-electron chi connectivity index (χ1n) is 6.07. The number of aromatic nitrogens is 2. The summed E-state index contributed by atoms with van der Waals surface area (Å²) in [7, 11) is 0. The molecular formula is C12H16FN3O2. The van der Waals surface area contributed by atoms with Crippen molar-refractivity contribution in [2.75, 3.05) is 5.32 Å². The van der Waals surface area contributed by atoms with Gasteiger partial charge in [0.15, 0.2) is 5.82 Å². The van der Waals surface area contributed by atoms with E-state index in [-0.39, 0.29) is 6.42 Å². The van der Waals surface area contributed by atoms with E-state index >= 15 is 0 Å². The van der Waals surface area contributed by atoms with Crippen LogP contribution in [-0.2, 0) is 4.79 Å². The fraction of sp³-hybridized carbons (Fsp3) is 0.583. The SMILES string of the molecule is O=C(O)CC1(Nc2ncc(F)cn2)CCCCC1. The van der Waals surface area contributed by atoms with Gasteiger partial charge in [0.2, 0.25) is 5.95 Å². The molecule has 1 aliphatic rings. The number of aliphatic carboxylic acids is 1. The van der Waals surface area contributed by atoms with Gasteiger partial charge in [-0.3, -0.25) is 4.79 Å². The zero-order valence-electron chi connectivity index (χ0n) is 10.0. The molecule has 0 unspecified atom stereocenters. The molecule has 6 heteroatoms. The molecule has 0 spiro atoms. The Morgan fingerprint density at radius 3 is 2.50 bits per heavy atom. The Kier molecular flexibility index (Phi) is 3.74. The monoisotopic (exact) mass is 253 g/mol. The summed E-state index contributed by atoms with van der Waals surface area (Å²) >= 11 is 0. The third-order valence-electron chi connectivity index (χ3n) is 3.30. The topological polar surface area (TPSA) is 75.1 Å². The van der Waals surface area contributed by atoms with Gasteiger partial charge in [-0.1, -0.05) is 19.3 Å². The van der Waals surface area contributed by atoms with Gasteiger partial charge in [0, 0.05) is 0 Å². The normalized spacial score (nSPS) is 18.3. The Labute approximate surface area is 104 Å². The second-order valence-corrected chi connectivity index (χ2v) is 4.76. The van der Waals surface area contributed by atoms with Crippen LogP contribution in [0.4, 0.5) is 10.3 Å². The van der Waals surface area contributed by atoms with Crippen LogP contribution >= 0.6 is 0 Å². The largest absolute Gasteiger partial charge is 0.481 e. The molecule has 0 aromatic carbocycles. The maximum atomic E-state index is 12.7. The molecule has 98 valence electrons. The molecule has 1 heterocycles. The van der Waals surface area contributed by atoms with Crippen LogP contribution in [0.1, 0.15) is 38.5 Å². The predicted molar refractivity (Wildman–Crippen MR) is 63.7 cm³/mol. The summed E-state index contributed by atoms with van der Waals surface area (Å²) in [6.45, 7) is 0. The van der Waals surface area contributed by atoms with Gasteiger partial charge in [0.25, 0.3) is 0 Å². The molecule has 1 aromatic rings. The summed E-state index contributed by atoms with van der Waals surface area (Å²) in [6, 6.07) is 0. The maximum absolute atomic E-state index is 12.7. The van der Waals surface area contributed by atoms with Crippen molar-refractivity contribution in [3.63, 3.8) is 0 Å². The van der Waals surface area contributed by atoms with Gasteiger partial charge >= 0.3 is 5.97 Å². The van der Waals surface area contributed by atoms with Crippen LogP contribution in [0.15, 0.2) is 12.4 Å². The molecule has 0 saturated heterocycles. The fourth-order valence-corrected chi connectivity index (χ4v) is 2.48. The summed E-state index contributed by atoms with van der Waals surface area (Å²) in [5.74, 6) is -1.05. The molecule has 2 N–H and O–H groups in total. The summed E-state index contributed by atoms with van der Waals surface area (Å²) in [6.07, 6.45) is 6.84. The van der Waals surface area contributed by atoms with E-state index in [1.807, 2.05) is 0 Å². The van der Waals surface area contributed by atoms with Crippen LogP contribution in [0.25, 0.3) is 0 Å². The van der Waals surface area contributed by atoms with E-state index in [9.17, 15) is 9.18 Å². The Morgan fingerprint density at radius 1 is 1.33 bits per heavy atom. The molecule has 1 aliphatic carbocycles. The van der Waals surface area contributed by atoms with E-state index in [4.69, 9.17) is 5.11 Å². The van der Waals surface area contributed by atoms with Crippen molar-refractivity contribution in [3.05, 3.63) is 18.2 Å². The van der Waals surface area contributed by atoms with Gasteiger partial charge < -0.3 is 10.4 Å². The summed E-state index contributed by atoms with van der Waals surface area (Å²) in [5, 5.41) is 12.1. The second-order valence-electron chi connectivity index (χ2n) is 4.76. The zero-order chi connectivity index (χ0) is 13.0. The molecule has 0 radical (unpaired) electrons. The Bertz CT molecular complexity index is 416. The average Bonchev–Trinajstić information content (AvgIpc) is 2.32. The lowest BCUT2D eigenvalue weighted by atomic mass is 9.79. The number of rotatable bonds is 4. The van der Waals surface area contributed by atoms with Crippen LogP contribution in [0.5, 0.6) is 0 Å². The minimum absolute atomic E-state index is 0.0355. The van der Waals surface area contributed by atoms with Crippen LogP contribution in [0.2, 0.25) is 0 Å². The third kappa shape index (κ3) is 3.15. The van der Waals surface area contributed by atoms with Crippen molar-refractivity contribution in [2.24, 2.45) is 0 Å². The first-order valence-corrected chi connectivity index (χ1v) is 6.07. The van der Waals surface area contributed by atoms with Gasteiger partial charge in [0.1, 0.15) is 0 Å². The number of carbonyl (C=O) groups is 1. The maximum Gasteiger partial charge on any atom is 0.305 e. The van der Waals surface area contributed by atoms with E-state index in [1.54, 1.807) is 0 Å². The number of carboxylic acid groups (broad SMARTS) is 1. The van der Waals surface area contributed by atoms with Gasteiger partial charge in [-0.15, -0.1) is 0 Å². The standard InChI is InChI=1S/C12H16FN3O2/c13-9-7-14-11(15-8-9)16-12(6-10(17)18)4-2-1-3-5-12/h7-8H,1-6H2,(H,17,18)(H,14,15,16). The highest BCUT2D eigenvalue weighted by Crippen LogP contribution is 2.33. The lowest BCUT2D eigenvalue weighted by Crippen LogP contribution is -2.42. The number of carboxylic acids is 1. The first kappa shape index (κ1) is 12.7. The number of nitrogens with one attached hydrogen (secondary N) is 1. The van der Waals surface area contributed by atoms with Gasteiger partial charge in [-0.2, -0.15) is 0 Å². The van der Waals surface area contributed by atoms with E-state index in [1.165, 1.54) is 0 Å². The Hall–Kier alpha value is -1.72. The summed E-state index contributed by atoms with van der Waals surface area (Å²) in [5.41, 5.74) is -0.498. The number of hydrogen-bond acceptors (Lipinski definition) is 4. The van der Waals surface area contributed by atoms with E-state index in [0.717, 1.165) is 44.5 Å². The molecule has 1 aromatic heterocycles. The summed E-state index contributed by atoms with van der Waals surface area (Å²) in [4.78, 5) is 18.6. The highest BCUT2D eigenvalue weighted by atomic mass is 19.1. The van der Waals surface area contributed by atoms with Crippen LogP contribution in [0.3, 0.4) is 0 Å². The molecule has 1 saturated carbocycles. The highest BCUT2D eigenvalue weighted by Gasteiger charge is 2.34. The second kappa shape index (κ2) is 5.29. The molecule has 0 amide bonds. The van der Waals surface area contributed by atoms with Crippen molar-refractivity contribution < 1.29 is 14.3 Å². The third-order valence-corrected chi connectivity index (χ3v) is 3.30. The van der Waals surface area contributed by atoms with E-state index in [2.05, 4.69) is 15.3 Å². The van der Waals surface area contributed by atoms with Crippen molar-refractivity contribution in [2.45, 2.75) is 44.1 Å². The van der Waals surface area contributed by atoms with Crippen molar-refractivity contribution in [3.8, 4) is 0 Å². The van der Waals surface area contributed by atoms with Gasteiger partial charge in [-0.05, 0) is 12.8 Å². The Balaban J connectivity index is 2.13. The van der Waals surface area contributed by atoms with Gasteiger partial charge in [0.05, 0.1) is 24.4 Å². The smallest absolute Gasteiger partial charge is 0.305 e. The van der Waals surface area contributed by atoms with Crippen LogP contribution in [0, 0.1) is 5.82 Å². The van der Waals surface area contributed by atoms with E-state index < -0.39 is 17.3 Å². The van der Waals surface area contributed by atoms with Crippen LogP contribution in [-0.4, -0.2) is 26.6 Å². The lowest BCUT2D eigenvalue weighted by Gasteiger charge is -2.36.